The minimum Gasteiger partial charge on any atom is -0.406 e. The standard InChI is InChI=1S/C24H19F5N2O3/c1-2-21-23(33,15-4-3-5-20(14-15)34-24(27,28)29)31(19-12-8-17(26)9-13-19)22(32)30(21)18-10-6-16(25)7-11-18/h3-14,21,33H,2H2,1H3. The number of benzene rings is 3. The third kappa shape index (κ3) is 4.16. The van der Waals surface area contributed by atoms with Crippen molar-refractivity contribution in [2.24, 2.45) is 0 Å². The summed E-state index contributed by atoms with van der Waals surface area (Å²) < 4.78 is 69.6. The SMILES string of the molecule is CCC1N(c2ccc(F)cc2)C(=O)N(c2ccc(F)cc2)C1(O)c1cccc(OC(F)(F)F)c1. The van der Waals surface area contributed by atoms with Crippen molar-refractivity contribution in [3.63, 3.8) is 0 Å². The highest BCUT2D eigenvalue weighted by atomic mass is 19.4. The van der Waals surface area contributed by atoms with Crippen LogP contribution in [0.4, 0.5) is 38.1 Å². The Morgan fingerprint density at radius 3 is 2.03 bits per heavy atom. The molecule has 0 radical (unpaired) electrons. The van der Waals surface area contributed by atoms with Crippen LogP contribution in [-0.2, 0) is 5.72 Å². The van der Waals surface area contributed by atoms with Crippen molar-refractivity contribution in [3.8, 4) is 5.75 Å². The van der Waals surface area contributed by atoms with Crippen LogP contribution in [0.25, 0.3) is 0 Å². The number of urea groups is 1. The van der Waals surface area contributed by atoms with Crippen LogP contribution in [0, 0.1) is 11.6 Å². The monoisotopic (exact) mass is 478 g/mol. The predicted molar refractivity (Wildman–Crippen MR) is 114 cm³/mol. The fraction of sp³-hybridized carbons (Fsp3) is 0.208. The maximum absolute atomic E-state index is 13.6. The molecule has 3 aromatic rings. The number of hydrogen-bond acceptors (Lipinski definition) is 3. The normalized spacial score (nSPS) is 20.7. The van der Waals surface area contributed by atoms with Crippen LogP contribution in [0.15, 0.2) is 72.8 Å². The van der Waals surface area contributed by atoms with E-state index in [1.807, 2.05) is 0 Å². The van der Waals surface area contributed by atoms with E-state index in [9.17, 15) is 31.9 Å². The van der Waals surface area contributed by atoms with E-state index in [4.69, 9.17) is 0 Å². The van der Waals surface area contributed by atoms with Crippen LogP contribution in [-0.4, -0.2) is 23.5 Å². The van der Waals surface area contributed by atoms with Gasteiger partial charge in [-0.1, -0.05) is 19.1 Å². The largest absolute Gasteiger partial charge is 0.573 e. The van der Waals surface area contributed by atoms with Crippen molar-refractivity contribution in [3.05, 3.63) is 90.0 Å². The Bertz CT molecular complexity index is 1180. The second kappa shape index (κ2) is 8.60. The van der Waals surface area contributed by atoms with Crippen molar-refractivity contribution in [1.29, 1.82) is 0 Å². The molecule has 0 bridgehead atoms. The van der Waals surface area contributed by atoms with Gasteiger partial charge in [-0.05, 0) is 67.1 Å². The Morgan fingerprint density at radius 2 is 1.50 bits per heavy atom. The molecule has 0 saturated carbocycles. The topological polar surface area (TPSA) is 53.0 Å². The molecule has 1 fully saturated rings. The first-order valence-electron chi connectivity index (χ1n) is 10.3. The minimum absolute atomic E-state index is 0.0524. The number of halogens is 5. The first-order valence-corrected chi connectivity index (χ1v) is 10.3. The first-order chi connectivity index (χ1) is 16.0. The molecule has 5 nitrogen and oxygen atoms in total. The molecule has 1 saturated heterocycles. The van der Waals surface area contributed by atoms with Crippen LogP contribution in [0.3, 0.4) is 0 Å². The lowest BCUT2D eigenvalue weighted by atomic mass is 9.91. The Labute approximate surface area is 191 Å². The molecular formula is C24H19F5N2O3. The molecule has 1 heterocycles. The average molecular weight is 478 g/mol. The number of rotatable bonds is 5. The molecule has 1 aliphatic heterocycles. The van der Waals surface area contributed by atoms with Crippen molar-refractivity contribution in [2.45, 2.75) is 31.5 Å². The molecule has 2 amide bonds. The van der Waals surface area contributed by atoms with Gasteiger partial charge in [-0.3, -0.25) is 9.80 Å². The fourth-order valence-electron chi connectivity index (χ4n) is 4.22. The zero-order valence-electron chi connectivity index (χ0n) is 17.8. The van der Waals surface area contributed by atoms with E-state index in [2.05, 4.69) is 4.74 Å². The van der Waals surface area contributed by atoms with Gasteiger partial charge in [0.2, 0.25) is 0 Å². The summed E-state index contributed by atoms with van der Waals surface area (Å²) in [4.78, 5) is 15.9. The van der Waals surface area contributed by atoms with Gasteiger partial charge in [-0.25, -0.2) is 13.6 Å². The van der Waals surface area contributed by atoms with Crippen molar-refractivity contribution in [2.75, 3.05) is 9.80 Å². The summed E-state index contributed by atoms with van der Waals surface area (Å²) >= 11 is 0. The van der Waals surface area contributed by atoms with E-state index < -0.39 is 41.5 Å². The van der Waals surface area contributed by atoms with E-state index in [1.165, 1.54) is 41.3 Å². The molecular weight excluding hydrogens is 459 g/mol. The van der Waals surface area contributed by atoms with Crippen molar-refractivity contribution < 1.29 is 36.6 Å². The number of carbonyl (C=O) groups is 1. The maximum atomic E-state index is 13.6. The summed E-state index contributed by atoms with van der Waals surface area (Å²) in [7, 11) is 0. The zero-order chi connectivity index (χ0) is 24.7. The lowest BCUT2D eigenvalue weighted by Gasteiger charge is -2.37. The number of carbonyl (C=O) groups excluding carboxylic acids is 1. The predicted octanol–water partition coefficient (Wildman–Crippen LogP) is 5.93. The molecule has 1 N–H and O–H groups in total. The van der Waals surface area contributed by atoms with Gasteiger partial charge in [0, 0.05) is 16.9 Å². The second-order valence-electron chi connectivity index (χ2n) is 7.67. The van der Waals surface area contributed by atoms with Crippen LogP contribution < -0.4 is 14.5 Å². The highest BCUT2D eigenvalue weighted by Crippen LogP contribution is 2.46. The number of amides is 2. The van der Waals surface area contributed by atoms with Gasteiger partial charge in [-0.15, -0.1) is 13.2 Å². The lowest BCUT2D eigenvalue weighted by molar-refractivity contribution is -0.274. The number of ether oxygens (including phenoxy) is 1. The molecule has 34 heavy (non-hydrogen) atoms. The molecule has 2 unspecified atom stereocenters. The highest BCUT2D eigenvalue weighted by molar-refractivity contribution is 6.08. The molecule has 178 valence electrons. The molecule has 0 aliphatic carbocycles. The van der Waals surface area contributed by atoms with Gasteiger partial charge in [0.15, 0.2) is 5.72 Å². The molecule has 3 aromatic carbocycles. The minimum atomic E-state index is -4.96. The fourth-order valence-corrected chi connectivity index (χ4v) is 4.22. The number of anilines is 2. The summed E-state index contributed by atoms with van der Waals surface area (Å²) in [5.41, 5.74) is -1.85. The summed E-state index contributed by atoms with van der Waals surface area (Å²) in [5.74, 6) is -1.70. The Balaban J connectivity index is 1.90. The molecule has 10 heteroatoms. The number of alkyl halides is 3. The van der Waals surface area contributed by atoms with Crippen LogP contribution in [0.1, 0.15) is 18.9 Å². The van der Waals surface area contributed by atoms with Gasteiger partial charge >= 0.3 is 12.4 Å². The lowest BCUT2D eigenvalue weighted by Crippen LogP contribution is -2.49. The third-order valence-corrected chi connectivity index (χ3v) is 5.58. The Hall–Kier alpha value is -3.66. The average Bonchev–Trinajstić information content (AvgIpc) is 3.01. The Morgan fingerprint density at radius 1 is 0.941 bits per heavy atom. The molecule has 0 aromatic heterocycles. The number of nitrogens with zero attached hydrogens (tertiary/aromatic N) is 2. The smallest absolute Gasteiger partial charge is 0.406 e. The molecule has 2 atom stereocenters. The van der Waals surface area contributed by atoms with E-state index >= 15 is 0 Å². The van der Waals surface area contributed by atoms with Crippen molar-refractivity contribution in [1.82, 2.24) is 0 Å². The van der Waals surface area contributed by atoms with Crippen LogP contribution >= 0.6 is 0 Å². The summed E-state index contributed by atoms with van der Waals surface area (Å²) in [6.07, 6.45) is -4.80. The highest BCUT2D eigenvalue weighted by Gasteiger charge is 2.58. The number of hydrogen-bond donors (Lipinski definition) is 1. The molecule has 0 spiro atoms. The van der Waals surface area contributed by atoms with Crippen LogP contribution in [0.2, 0.25) is 0 Å². The summed E-state index contributed by atoms with van der Waals surface area (Å²) in [6.45, 7) is 1.68. The quantitative estimate of drug-likeness (QED) is 0.463. The van der Waals surface area contributed by atoms with Gasteiger partial charge in [0.05, 0.1) is 6.04 Å². The first kappa shape index (κ1) is 23.5. The number of aliphatic hydroxyl groups is 1. The van der Waals surface area contributed by atoms with Gasteiger partial charge in [0.1, 0.15) is 17.4 Å². The molecule has 4 rings (SSSR count). The van der Waals surface area contributed by atoms with E-state index in [0.717, 1.165) is 41.3 Å². The van der Waals surface area contributed by atoms with E-state index in [-0.39, 0.29) is 23.4 Å². The molecule has 1 aliphatic rings. The summed E-state index contributed by atoms with van der Waals surface area (Å²) in [6, 6.07) is 12.7. The summed E-state index contributed by atoms with van der Waals surface area (Å²) in [5, 5.41) is 12.0. The van der Waals surface area contributed by atoms with Crippen LogP contribution in [0.5, 0.6) is 5.75 Å². The van der Waals surface area contributed by atoms with Gasteiger partial charge < -0.3 is 9.84 Å². The van der Waals surface area contributed by atoms with Gasteiger partial charge in [-0.2, -0.15) is 0 Å². The van der Waals surface area contributed by atoms with E-state index in [0.29, 0.717) is 0 Å². The van der Waals surface area contributed by atoms with Crippen molar-refractivity contribution >= 4 is 17.4 Å². The third-order valence-electron chi connectivity index (χ3n) is 5.58. The van der Waals surface area contributed by atoms with E-state index in [1.54, 1.807) is 6.92 Å². The second-order valence-corrected chi connectivity index (χ2v) is 7.67. The Kier molecular flexibility index (Phi) is 5.94. The van der Waals surface area contributed by atoms with Gasteiger partial charge in [0.25, 0.3) is 0 Å². The maximum Gasteiger partial charge on any atom is 0.573 e. The zero-order valence-corrected chi connectivity index (χ0v) is 17.8.